The Hall–Kier alpha value is -1.44. The molecule has 0 aromatic heterocycles. The molecule has 1 atom stereocenters. The number of aliphatic hydroxyl groups excluding tert-OH is 1. The van der Waals surface area contributed by atoms with Crippen molar-refractivity contribution >= 4 is 16.0 Å². The summed E-state index contributed by atoms with van der Waals surface area (Å²) >= 11 is 0. The molecule has 7 heteroatoms. The molecule has 0 aliphatic carbocycles. The summed E-state index contributed by atoms with van der Waals surface area (Å²) < 4.78 is 29.7. The molecular weight excluding hydrogens is 246 g/mol. The van der Waals surface area contributed by atoms with Crippen LogP contribution in [0.4, 0.5) is 0 Å². The number of ether oxygens (including phenoxy) is 1. The summed E-state index contributed by atoms with van der Waals surface area (Å²) in [5.41, 5.74) is 0. The Bertz CT molecular complexity index is 471. The summed E-state index contributed by atoms with van der Waals surface area (Å²) in [7, 11) is -2.61. The van der Waals surface area contributed by atoms with Crippen LogP contribution in [0.5, 0.6) is 0 Å². The lowest BCUT2D eigenvalue weighted by atomic mass is 10.4. The number of carbonyl (C=O) groups is 1. The first-order valence-electron chi connectivity index (χ1n) is 4.78. The Kier molecular flexibility index (Phi) is 4.62. The van der Waals surface area contributed by atoms with Gasteiger partial charge >= 0.3 is 5.97 Å². The fourth-order valence-electron chi connectivity index (χ4n) is 1.09. The fourth-order valence-corrected chi connectivity index (χ4v) is 2.15. The minimum absolute atomic E-state index is 0.0667. The van der Waals surface area contributed by atoms with Gasteiger partial charge in [0.2, 0.25) is 10.0 Å². The summed E-state index contributed by atoms with van der Waals surface area (Å²) in [4.78, 5) is 10.9. The molecule has 6 nitrogen and oxygen atoms in total. The normalized spacial score (nSPS) is 13.1. The summed E-state index contributed by atoms with van der Waals surface area (Å²) in [5.74, 6) is -0.888. The molecule has 0 bridgehead atoms. The van der Waals surface area contributed by atoms with Gasteiger partial charge in [0.15, 0.2) is 6.10 Å². The first kappa shape index (κ1) is 13.6. The topological polar surface area (TPSA) is 92.7 Å². The van der Waals surface area contributed by atoms with Crippen molar-refractivity contribution in [3.05, 3.63) is 30.3 Å². The van der Waals surface area contributed by atoms with Gasteiger partial charge in [-0.1, -0.05) is 18.2 Å². The van der Waals surface area contributed by atoms with E-state index in [0.717, 1.165) is 7.11 Å². The predicted octanol–water partition coefficient (Wildman–Crippen LogP) is -0.501. The lowest BCUT2D eigenvalue weighted by molar-refractivity contribution is -0.149. The molecular formula is C10H13NO5S. The zero-order valence-electron chi connectivity index (χ0n) is 9.16. The van der Waals surface area contributed by atoms with Gasteiger partial charge in [-0.15, -0.1) is 0 Å². The van der Waals surface area contributed by atoms with Gasteiger partial charge in [-0.25, -0.2) is 17.9 Å². The lowest BCUT2D eigenvalue weighted by Crippen LogP contribution is -2.37. The molecule has 17 heavy (non-hydrogen) atoms. The van der Waals surface area contributed by atoms with E-state index in [1.807, 2.05) is 0 Å². The van der Waals surface area contributed by atoms with Crippen molar-refractivity contribution in [2.45, 2.75) is 11.0 Å². The first-order chi connectivity index (χ1) is 7.97. The zero-order valence-corrected chi connectivity index (χ0v) is 9.98. The maximum Gasteiger partial charge on any atom is 0.336 e. The van der Waals surface area contributed by atoms with E-state index in [-0.39, 0.29) is 4.90 Å². The smallest absolute Gasteiger partial charge is 0.336 e. The number of esters is 1. The van der Waals surface area contributed by atoms with E-state index in [1.165, 1.54) is 12.1 Å². The molecule has 0 spiro atoms. The second-order valence-corrected chi connectivity index (χ2v) is 4.97. The third kappa shape index (κ3) is 3.81. The number of benzene rings is 1. The first-order valence-corrected chi connectivity index (χ1v) is 6.26. The van der Waals surface area contributed by atoms with Crippen molar-refractivity contribution in [2.24, 2.45) is 0 Å². The zero-order chi connectivity index (χ0) is 12.9. The van der Waals surface area contributed by atoms with E-state index in [2.05, 4.69) is 9.46 Å². The Morgan fingerprint density at radius 1 is 1.41 bits per heavy atom. The number of nitrogens with one attached hydrogen (secondary N) is 1. The van der Waals surface area contributed by atoms with Gasteiger partial charge in [0.25, 0.3) is 0 Å². The summed E-state index contributed by atoms with van der Waals surface area (Å²) in [6, 6.07) is 7.65. The summed E-state index contributed by atoms with van der Waals surface area (Å²) in [5, 5.41) is 9.23. The lowest BCUT2D eigenvalue weighted by Gasteiger charge is -2.10. The Labute approximate surface area is 99.3 Å². The summed E-state index contributed by atoms with van der Waals surface area (Å²) in [6.07, 6.45) is -1.52. The molecule has 0 aliphatic heterocycles. The van der Waals surface area contributed by atoms with Gasteiger partial charge < -0.3 is 9.84 Å². The quantitative estimate of drug-likeness (QED) is 0.695. The number of carbonyl (C=O) groups excluding carboxylic acids is 1. The Balaban J connectivity index is 2.66. The van der Waals surface area contributed by atoms with Crippen LogP contribution < -0.4 is 4.72 Å². The predicted molar refractivity (Wildman–Crippen MR) is 59.7 cm³/mol. The van der Waals surface area contributed by atoms with Crippen LogP contribution in [-0.4, -0.2) is 39.3 Å². The second-order valence-electron chi connectivity index (χ2n) is 3.20. The van der Waals surface area contributed by atoms with Crippen molar-refractivity contribution in [1.82, 2.24) is 4.72 Å². The minimum Gasteiger partial charge on any atom is -0.467 e. The van der Waals surface area contributed by atoms with E-state index in [0.29, 0.717) is 0 Å². The van der Waals surface area contributed by atoms with E-state index in [4.69, 9.17) is 0 Å². The molecule has 1 rings (SSSR count). The van der Waals surface area contributed by atoms with E-state index in [1.54, 1.807) is 18.2 Å². The van der Waals surface area contributed by atoms with Gasteiger partial charge in [0, 0.05) is 6.54 Å². The van der Waals surface area contributed by atoms with Crippen LogP contribution in [-0.2, 0) is 19.6 Å². The van der Waals surface area contributed by atoms with Crippen LogP contribution in [0.25, 0.3) is 0 Å². The molecule has 0 fully saturated rings. The second kappa shape index (κ2) is 5.76. The number of sulfonamides is 1. The number of hydrogen-bond acceptors (Lipinski definition) is 5. The van der Waals surface area contributed by atoms with Gasteiger partial charge in [-0.05, 0) is 12.1 Å². The van der Waals surface area contributed by atoms with Gasteiger partial charge in [-0.2, -0.15) is 0 Å². The highest BCUT2D eigenvalue weighted by Gasteiger charge is 2.20. The third-order valence-corrected chi connectivity index (χ3v) is 3.43. The van der Waals surface area contributed by atoms with Crippen molar-refractivity contribution in [1.29, 1.82) is 0 Å². The van der Waals surface area contributed by atoms with E-state index >= 15 is 0 Å². The van der Waals surface area contributed by atoms with Crippen molar-refractivity contribution in [2.75, 3.05) is 13.7 Å². The van der Waals surface area contributed by atoms with Crippen LogP contribution >= 0.6 is 0 Å². The van der Waals surface area contributed by atoms with Crippen molar-refractivity contribution < 1.29 is 23.1 Å². The van der Waals surface area contributed by atoms with Gasteiger partial charge in [0.05, 0.1) is 12.0 Å². The highest BCUT2D eigenvalue weighted by molar-refractivity contribution is 7.89. The number of aliphatic hydroxyl groups is 1. The molecule has 0 amide bonds. The minimum atomic E-state index is -3.71. The SMILES string of the molecule is COC(=O)C(O)CNS(=O)(=O)c1ccccc1. The van der Waals surface area contributed by atoms with Crippen LogP contribution in [0, 0.1) is 0 Å². The standard InChI is InChI=1S/C10H13NO5S/c1-16-10(13)9(12)7-11-17(14,15)8-5-3-2-4-6-8/h2-6,9,11-12H,7H2,1H3. The van der Waals surface area contributed by atoms with E-state index < -0.39 is 28.6 Å². The van der Waals surface area contributed by atoms with Crippen molar-refractivity contribution in [3.8, 4) is 0 Å². The highest BCUT2D eigenvalue weighted by Crippen LogP contribution is 2.06. The molecule has 0 saturated carbocycles. The molecule has 94 valence electrons. The fraction of sp³-hybridized carbons (Fsp3) is 0.300. The van der Waals surface area contributed by atoms with Crippen LogP contribution in [0.1, 0.15) is 0 Å². The third-order valence-electron chi connectivity index (χ3n) is 1.99. The molecule has 0 saturated heterocycles. The van der Waals surface area contributed by atoms with E-state index in [9.17, 15) is 18.3 Å². The average Bonchev–Trinajstić information content (AvgIpc) is 2.36. The molecule has 1 aromatic rings. The van der Waals surface area contributed by atoms with Gasteiger partial charge in [-0.3, -0.25) is 0 Å². The molecule has 0 aliphatic rings. The van der Waals surface area contributed by atoms with Crippen LogP contribution in [0.2, 0.25) is 0 Å². The summed E-state index contributed by atoms with van der Waals surface area (Å²) in [6.45, 7) is -0.427. The maximum absolute atomic E-state index is 11.7. The van der Waals surface area contributed by atoms with Gasteiger partial charge in [0.1, 0.15) is 0 Å². The molecule has 2 N–H and O–H groups in total. The largest absolute Gasteiger partial charge is 0.467 e. The highest BCUT2D eigenvalue weighted by atomic mass is 32.2. The monoisotopic (exact) mass is 259 g/mol. The molecule has 1 unspecified atom stereocenters. The Morgan fingerprint density at radius 3 is 2.53 bits per heavy atom. The maximum atomic E-state index is 11.7. The molecule has 0 radical (unpaired) electrons. The number of methoxy groups -OCH3 is 1. The Morgan fingerprint density at radius 2 is 2.00 bits per heavy atom. The molecule has 1 aromatic carbocycles. The van der Waals surface area contributed by atoms with Crippen LogP contribution in [0.3, 0.4) is 0 Å². The molecule has 0 heterocycles. The number of hydrogen-bond donors (Lipinski definition) is 2. The van der Waals surface area contributed by atoms with Crippen molar-refractivity contribution in [3.63, 3.8) is 0 Å². The average molecular weight is 259 g/mol. The number of rotatable bonds is 5. The van der Waals surface area contributed by atoms with Crippen LogP contribution in [0.15, 0.2) is 35.2 Å².